The van der Waals surface area contributed by atoms with E-state index in [-0.39, 0.29) is 5.91 Å². The molecule has 1 aromatic rings. The number of amides is 1. The Kier molecular flexibility index (Phi) is 7.69. The number of carbonyl (C=O) groups is 1. The molecule has 0 aromatic heterocycles. The summed E-state index contributed by atoms with van der Waals surface area (Å²) >= 11 is 0. The van der Waals surface area contributed by atoms with Crippen LogP contribution in [0.1, 0.15) is 18.9 Å². The first-order chi connectivity index (χ1) is 9.65. The van der Waals surface area contributed by atoms with Gasteiger partial charge in [0.15, 0.2) is 0 Å². The summed E-state index contributed by atoms with van der Waals surface area (Å²) in [5, 5.41) is 2.78. The number of carbonyl (C=O) groups excluding carboxylic acids is 1. The van der Waals surface area contributed by atoms with E-state index in [4.69, 9.17) is 10.5 Å². The lowest BCUT2D eigenvalue weighted by Gasteiger charge is -2.16. The van der Waals surface area contributed by atoms with Crippen LogP contribution in [0.2, 0.25) is 0 Å². The van der Waals surface area contributed by atoms with Gasteiger partial charge in [-0.1, -0.05) is 12.1 Å². The van der Waals surface area contributed by atoms with E-state index in [9.17, 15) is 4.79 Å². The predicted molar refractivity (Wildman–Crippen MR) is 80.6 cm³/mol. The van der Waals surface area contributed by atoms with Crippen LogP contribution in [0.4, 0.5) is 0 Å². The summed E-state index contributed by atoms with van der Waals surface area (Å²) < 4.78 is 5.64. The van der Waals surface area contributed by atoms with E-state index in [2.05, 4.69) is 5.32 Å². The molecule has 0 atom stereocenters. The lowest BCUT2D eigenvalue weighted by molar-refractivity contribution is -0.121. The molecule has 0 spiro atoms. The van der Waals surface area contributed by atoms with E-state index in [0.29, 0.717) is 26.2 Å². The molecule has 0 radical (unpaired) electrons. The zero-order chi connectivity index (χ0) is 14.8. The number of nitrogens with zero attached hydrogens (tertiary/aromatic N) is 1. The van der Waals surface area contributed by atoms with Gasteiger partial charge in [-0.2, -0.15) is 0 Å². The molecule has 112 valence electrons. The van der Waals surface area contributed by atoms with E-state index < -0.39 is 0 Å². The minimum Gasteiger partial charge on any atom is -0.494 e. The van der Waals surface area contributed by atoms with Crippen molar-refractivity contribution in [1.82, 2.24) is 10.2 Å². The van der Waals surface area contributed by atoms with Crippen LogP contribution in [0.3, 0.4) is 0 Å². The van der Waals surface area contributed by atoms with Crippen LogP contribution in [-0.4, -0.2) is 44.1 Å². The molecule has 1 rings (SSSR count). The molecule has 0 unspecified atom stereocenters. The highest BCUT2D eigenvalue weighted by Crippen LogP contribution is 2.11. The minimum absolute atomic E-state index is 0.0632. The van der Waals surface area contributed by atoms with Gasteiger partial charge in [0, 0.05) is 19.6 Å². The van der Waals surface area contributed by atoms with Gasteiger partial charge in [0.2, 0.25) is 5.91 Å². The maximum atomic E-state index is 11.4. The van der Waals surface area contributed by atoms with Gasteiger partial charge in [0.25, 0.3) is 0 Å². The van der Waals surface area contributed by atoms with Crippen molar-refractivity contribution in [3.63, 3.8) is 0 Å². The third-order valence-corrected chi connectivity index (χ3v) is 2.90. The van der Waals surface area contributed by atoms with Gasteiger partial charge in [-0.05, 0) is 38.1 Å². The SMILES string of the molecule is CCNC(=O)CN(C)CCCOc1ccc(CN)cc1. The Morgan fingerprint density at radius 1 is 1.35 bits per heavy atom. The second kappa shape index (κ2) is 9.34. The third-order valence-electron chi connectivity index (χ3n) is 2.90. The molecule has 0 bridgehead atoms. The van der Waals surface area contributed by atoms with Crippen LogP contribution in [0.5, 0.6) is 5.75 Å². The average molecular weight is 279 g/mol. The Balaban J connectivity index is 2.15. The fourth-order valence-electron chi connectivity index (χ4n) is 1.82. The van der Waals surface area contributed by atoms with Crippen molar-refractivity contribution in [3.8, 4) is 5.75 Å². The van der Waals surface area contributed by atoms with Gasteiger partial charge in [-0.25, -0.2) is 0 Å². The first-order valence-electron chi connectivity index (χ1n) is 7.02. The molecule has 0 saturated carbocycles. The summed E-state index contributed by atoms with van der Waals surface area (Å²) in [6.45, 7) is 5.04. The zero-order valence-electron chi connectivity index (χ0n) is 12.4. The Hall–Kier alpha value is -1.59. The van der Waals surface area contributed by atoms with Gasteiger partial charge in [0.05, 0.1) is 13.2 Å². The monoisotopic (exact) mass is 279 g/mol. The lowest BCUT2D eigenvalue weighted by Crippen LogP contribution is -2.35. The highest BCUT2D eigenvalue weighted by Gasteiger charge is 2.04. The summed E-state index contributed by atoms with van der Waals surface area (Å²) in [4.78, 5) is 13.4. The van der Waals surface area contributed by atoms with E-state index in [1.807, 2.05) is 43.1 Å². The smallest absolute Gasteiger partial charge is 0.234 e. The standard InChI is InChI=1S/C15H25N3O2/c1-3-17-15(19)12-18(2)9-4-10-20-14-7-5-13(11-16)6-8-14/h5-8H,3-4,9-12,16H2,1-2H3,(H,17,19). The quantitative estimate of drug-likeness (QED) is 0.661. The van der Waals surface area contributed by atoms with Crippen LogP contribution in [0, 0.1) is 0 Å². The van der Waals surface area contributed by atoms with Crippen LogP contribution >= 0.6 is 0 Å². The number of hydrogen-bond donors (Lipinski definition) is 2. The van der Waals surface area contributed by atoms with Gasteiger partial charge >= 0.3 is 0 Å². The van der Waals surface area contributed by atoms with E-state index in [0.717, 1.165) is 24.3 Å². The van der Waals surface area contributed by atoms with Crippen molar-refractivity contribution in [2.75, 3.05) is 33.3 Å². The fourth-order valence-corrected chi connectivity index (χ4v) is 1.82. The van der Waals surface area contributed by atoms with Gasteiger partial charge in [-0.3, -0.25) is 9.69 Å². The van der Waals surface area contributed by atoms with Crippen molar-refractivity contribution in [2.45, 2.75) is 19.9 Å². The highest BCUT2D eigenvalue weighted by molar-refractivity contribution is 5.77. The Morgan fingerprint density at radius 2 is 2.05 bits per heavy atom. The Bertz CT molecular complexity index is 393. The summed E-state index contributed by atoms with van der Waals surface area (Å²) in [5.74, 6) is 0.918. The van der Waals surface area contributed by atoms with E-state index in [1.165, 1.54) is 0 Å². The van der Waals surface area contributed by atoms with Crippen LogP contribution < -0.4 is 15.8 Å². The summed E-state index contributed by atoms with van der Waals surface area (Å²) in [6.07, 6.45) is 0.883. The molecule has 1 amide bonds. The van der Waals surface area contributed by atoms with Gasteiger partial charge < -0.3 is 15.8 Å². The molecule has 20 heavy (non-hydrogen) atoms. The Labute approximate surface area is 121 Å². The van der Waals surface area contributed by atoms with Crippen LogP contribution in [-0.2, 0) is 11.3 Å². The first-order valence-corrected chi connectivity index (χ1v) is 7.02. The first kappa shape index (κ1) is 16.5. The van der Waals surface area contributed by atoms with Gasteiger partial charge in [-0.15, -0.1) is 0 Å². The average Bonchev–Trinajstić information content (AvgIpc) is 2.44. The van der Waals surface area contributed by atoms with Gasteiger partial charge in [0.1, 0.15) is 5.75 Å². The molecule has 0 fully saturated rings. The molecule has 5 nitrogen and oxygen atoms in total. The van der Waals surface area contributed by atoms with Crippen LogP contribution in [0.25, 0.3) is 0 Å². The summed E-state index contributed by atoms with van der Waals surface area (Å²) in [5.41, 5.74) is 6.63. The number of nitrogens with one attached hydrogen (secondary N) is 1. The number of likely N-dealkylation sites (N-methyl/N-ethyl adjacent to an activating group) is 2. The number of benzene rings is 1. The normalized spacial score (nSPS) is 10.6. The second-order valence-electron chi connectivity index (χ2n) is 4.74. The second-order valence-corrected chi connectivity index (χ2v) is 4.74. The van der Waals surface area contributed by atoms with E-state index in [1.54, 1.807) is 0 Å². The Morgan fingerprint density at radius 3 is 2.65 bits per heavy atom. The van der Waals surface area contributed by atoms with Crippen LogP contribution in [0.15, 0.2) is 24.3 Å². The minimum atomic E-state index is 0.0632. The van der Waals surface area contributed by atoms with Crippen molar-refractivity contribution < 1.29 is 9.53 Å². The van der Waals surface area contributed by atoms with Crippen molar-refractivity contribution >= 4 is 5.91 Å². The summed E-state index contributed by atoms with van der Waals surface area (Å²) in [7, 11) is 1.94. The number of nitrogens with two attached hydrogens (primary N) is 1. The third kappa shape index (κ3) is 6.54. The maximum Gasteiger partial charge on any atom is 0.234 e. The molecule has 0 aliphatic carbocycles. The molecule has 5 heteroatoms. The van der Waals surface area contributed by atoms with E-state index >= 15 is 0 Å². The largest absolute Gasteiger partial charge is 0.494 e. The number of rotatable bonds is 9. The van der Waals surface area contributed by atoms with Crippen molar-refractivity contribution in [1.29, 1.82) is 0 Å². The molecule has 0 aliphatic rings. The fraction of sp³-hybridized carbons (Fsp3) is 0.533. The molecule has 1 aromatic carbocycles. The molecule has 0 saturated heterocycles. The number of hydrogen-bond acceptors (Lipinski definition) is 4. The molecular formula is C15H25N3O2. The molecule has 3 N–H and O–H groups in total. The van der Waals surface area contributed by atoms with Crippen molar-refractivity contribution in [3.05, 3.63) is 29.8 Å². The lowest BCUT2D eigenvalue weighted by atomic mass is 10.2. The predicted octanol–water partition coefficient (Wildman–Crippen LogP) is 0.982. The highest BCUT2D eigenvalue weighted by atomic mass is 16.5. The molecular weight excluding hydrogens is 254 g/mol. The topological polar surface area (TPSA) is 67.6 Å². The molecule has 0 aliphatic heterocycles. The number of ether oxygens (including phenoxy) is 1. The molecule has 0 heterocycles. The van der Waals surface area contributed by atoms with Crippen molar-refractivity contribution in [2.24, 2.45) is 5.73 Å². The summed E-state index contributed by atoms with van der Waals surface area (Å²) in [6, 6.07) is 7.80. The zero-order valence-corrected chi connectivity index (χ0v) is 12.4. The maximum absolute atomic E-state index is 11.4.